The van der Waals surface area contributed by atoms with Crippen molar-refractivity contribution < 1.29 is 23.4 Å². The number of pyridine rings is 1. The van der Waals surface area contributed by atoms with Crippen LogP contribution in [0.15, 0.2) is 17.1 Å². The molecule has 0 unspecified atom stereocenters. The molecule has 4 atom stereocenters. The highest BCUT2D eigenvalue weighted by Crippen LogP contribution is 2.44. The van der Waals surface area contributed by atoms with Crippen molar-refractivity contribution in [2.45, 2.75) is 30.8 Å². The van der Waals surface area contributed by atoms with Gasteiger partial charge in [0.05, 0.1) is 46.4 Å². The summed E-state index contributed by atoms with van der Waals surface area (Å²) in [6.07, 6.45) is 0.0228. The zero-order valence-electron chi connectivity index (χ0n) is 15.6. The number of alkyl halides is 1. The van der Waals surface area contributed by atoms with Gasteiger partial charge in [-0.2, -0.15) is 0 Å². The van der Waals surface area contributed by atoms with Gasteiger partial charge >= 0.3 is 5.97 Å². The van der Waals surface area contributed by atoms with E-state index in [4.69, 9.17) is 16.3 Å². The Hall–Kier alpha value is -1.94. The fourth-order valence-electron chi connectivity index (χ4n) is 4.35. The predicted octanol–water partition coefficient (Wildman–Crippen LogP) is 2.37. The zero-order valence-corrected chi connectivity index (χ0v) is 17.2. The molecule has 0 bridgehead atoms. The second kappa shape index (κ2) is 7.64. The summed E-state index contributed by atoms with van der Waals surface area (Å²) in [5.74, 6) is -2.17. The number of benzene rings is 1. The minimum absolute atomic E-state index is 0. The third-order valence-corrected chi connectivity index (χ3v) is 6.23. The molecular weight excluding hydrogens is 443 g/mol. The lowest BCUT2D eigenvalue weighted by molar-refractivity contribution is 0.0212. The lowest BCUT2D eigenvalue weighted by Crippen LogP contribution is -2.47. The summed E-state index contributed by atoms with van der Waals surface area (Å²) < 4.78 is 36.0. The Kier molecular flexibility index (Phi) is 5.42. The first kappa shape index (κ1) is 21.3. The highest BCUT2D eigenvalue weighted by molar-refractivity contribution is 6.38. The maximum absolute atomic E-state index is 15.1. The summed E-state index contributed by atoms with van der Waals surface area (Å²) in [5.41, 5.74) is -1.10. The van der Waals surface area contributed by atoms with Crippen LogP contribution in [0.2, 0.25) is 5.02 Å². The van der Waals surface area contributed by atoms with Gasteiger partial charge in [0.1, 0.15) is 17.6 Å². The predicted molar refractivity (Wildman–Crippen MR) is 110 cm³/mol. The second-order valence-corrected chi connectivity index (χ2v) is 8.07. The molecule has 7 nitrogen and oxygen atoms in total. The molecule has 2 aliphatic heterocycles. The van der Waals surface area contributed by atoms with Gasteiger partial charge in [0.2, 0.25) is 5.43 Å². The van der Waals surface area contributed by atoms with Crippen molar-refractivity contribution in [3.05, 3.63) is 38.9 Å². The number of rotatable bonds is 3. The highest BCUT2D eigenvalue weighted by Gasteiger charge is 2.42. The summed E-state index contributed by atoms with van der Waals surface area (Å²) in [6.45, 7) is 2.17. The van der Waals surface area contributed by atoms with E-state index >= 15 is 4.39 Å². The molecule has 1 aromatic carbocycles. The Labute approximate surface area is 181 Å². The molecule has 2 saturated heterocycles. The largest absolute Gasteiger partial charge is 0.477 e. The zero-order chi connectivity index (χ0) is 20.4. The number of halogens is 4. The maximum Gasteiger partial charge on any atom is 0.341 e. The molecular formula is C19H19Cl2F2N3O4. The number of carboxylic acid groups (broad SMARTS) is 1. The monoisotopic (exact) mass is 461 g/mol. The summed E-state index contributed by atoms with van der Waals surface area (Å²) in [7, 11) is 0. The number of nitrogens with one attached hydrogen (secondary N) is 1. The van der Waals surface area contributed by atoms with Crippen LogP contribution < -0.4 is 15.6 Å². The summed E-state index contributed by atoms with van der Waals surface area (Å²) >= 11 is 6.58. The minimum Gasteiger partial charge on any atom is -0.477 e. The average molecular weight is 462 g/mol. The second-order valence-electron chi connectivity index (χ2n) is 7.70. The molecule has 3 heterocycles. The van der Waals surface area contributed by atoms with Crippen LogP contribution in [0.5, 0.6) is 0 Å². The quantitative estimate of drug-likeness (QED) is 0.729. The summed E-state index contributed by atoms with van der Waals surface area (Å²) in [6, 6.07) is 0.413. The fraction of sp³-hybridized carbons (Fsp3) is 0.474. The van der Waals surface area contributed by atoms with Crippen LogP contribution >= 0.6 is 24.0 Å². The molecule has 162 valence electrons. The van der Waals surface area contributed by atoms with Crippen LogP contribution in [0.4, 0.5) is 14.5 Å². The molecule has 5 rings (SSSR count). The Morgan fingerprint density at radius 3 is 2.73 bits per heavy atom. The van der Waals surface area contributed by atoms with Gasteiger partial charge in [-0.15, -0.1) is 12.4 Å². The smallest absolute Gasteiger partial charge is 0.341 e. The number of carboxylic acids is 1. The molecule has 30 heavy (non-hydrogen) atoms. The Bertz CT molecular complexity index is 1080. The molecule has 1 saturated carbocycles. The van der Waals surface area contributed by atoms with Crippen molar-refractivity contribution in [2.24, 2.45) is 0 Å². The molecule has 2 aromatic rings. The SMILES string of the molecule is Cl.O=C(O)c1cn([C@@H]2C[C@@H]2F)c2c(Cl)c(N3C[C@@H]4NCCO[C@@H]4C3)c(F)cc2c1=O. The van der Waals surface area contributed by atoms with Gasteiger partial charge in [-0.1, -0.05) is 11.6 Å². The van der Waals surface area contributed by atoms with Crippen LogP contribution in [0.25, 0.3) is 10.9 Å². The van der Waals surface area contributed by atoms with Crippen molar-refractivity contribution >= 4 is 46.6 Å². The van der Waals surface area contributed by atoms with Crippen molar-refractivity contribution in [1.82, 2.24) is 9.88 Å². The van der Waals surface area contributed by atoms with E-state index in [1.807, 2.05) is 0 Å². The normalized spacial score (nSPS) is 27.6. The molecule has 3 fully saturated rings. The van der Waals surface area contributed by atoms with Crippen LogP contribution in [-0.2, 0) is 4.74 Å². The summed E-state index contributed by atoms with van der Waals surface area (Å²) in [5, 5.41) is 12.5. The Morgan fingerprint density at radius 2 is 2.10 bits per heavy atom. The van der Waals surface area contributed by atoms with Gasteiger partial charge in [-0.05, 0) is 6.07 Å². The van der Waals surface area contributed by atoms with E-state index in [-0.39, 0.29) is 52.6 Å². The molecule has 1 aromatic heterocycles. The number of carbonyl (C=O) groups is 1. The first-order valence-electron chi connectivity index (χ1n) is 9.41. The number of aromatic nitrogens is 1. The van der Waals surface area contributed by atoms with Crippen molar-refractivity contribution in [3.8, 4) is 0 Å². The average Bonchev–Trinajstić information content (AvgIpc) is 3.24. The van der Waals surface area contributed by atoms with E-state index in [0.29, 0.717) is 26.2 Å². The van der Waals surface area contributed by atoms with Crippen molar-refractivity contribution in [1.29, 1.82) is 0 Å². The van der Waals surface area contributed by atoms with E-state index < -0.39 is 35.0 Å². The molecule has 2 N–H and O–H groups in total. The van der Waals surface area contributed by atoms with E-state index in [1.54, 1.807) is 4.90 Å². The molecule has 3 aliphatic rings. The number of nitrogens with zero attached hydrogens (tertiary/aromatic N) is 2. The van der Waals surface area contributed by atoms with Crippen LogP contribution in [0.3, 0.4) is 0 Å². The molecule has 0 spiro atoms. The van der Waals surface area contributed by atoms with Crippen LogP contribution in [-0.4, -0.2) is 60.2 Å². The lowest BCUT2D eigenvalue weighted by Gasteiger charge is -2.25. The number of aromatic carboxylic acids is 1. The number of ether oxygens (including phenoxy) is 1. The van der Waals surface area contributed by atoms with Crippen LogP contribution in [0, 0.1) is 5.82 Å². The molecule has 0 radical (unpaired) electrons. The topological polar surface area (TPSA) is 83.8 Å². The van der Waals surface area contributed by atoms with Crippen LogP contribution in [0.1, 0.15) is 22.8 Å². The number of fused-ring (bicyclic) bond motifs is 2. The number of hydrogen-bond donors (Lipinski definition) is 2. The van der Waals surface area contributed by atoms with Crippen molar-refractivity contribution in [2.75, 3.05) is 31.1 Å². The third kappa shape index (κ3) is 3.24. The highest BCUT2D eigenvalue weighted by atomic mass is 35.5. The minimum atomic E-state index is -1.45. The standard InChI is InChI=1S/C19H18ClF2N3O4.ClH/c20-15-16-8(18(26)9(19(27)28)5-25(16)13-4-10(13)21)3-11(22)17(15)24-6-12-14(7-24)29-2-1-23-12;/h3,5,10,12-14,23H,1-2,4,6-7H2,(H,27,28);1H/t10-,12-,13+,14+;/m0./s1. The van der Waals surface area contributed by atoms with Gasteiger partial charge in [-0.3, -0.25) is 4.79 Å². The van der Waals surface area contributed by atoms with E-state index in [2.05, 4.69) is 5.32 Å². The van der Waals surface area contributed by atoms with Gasteiger partial charge in [0.25, 0.3) is 0 Å². The Morgan fingerprint density at radius 1 is 1.37 bits per heavy atom. The third-order valence-electron chi connectivity index (χ3n) is 5.88. The van der Waals surface area contributed by atoms with E-state index in [1.165, 1.54) is 4.57 Å². The fourth-order valence-corrected chi connectivity index (χ4v) is 4.76. The van der Waals surface area contributed by atoms with Gasteiger partial charge in [-0.25, -0.2) is 13.6 Å². The van der Waals surface area contributed by atoms with Crippen molar-refractivity contribution in [3.63, 3.8) is 0 Å². The first-order valence-corrected chi connectivity index (χ1v) is 9.78. The summed E-state index contributed by atoms with van der Waals surface area (Å²) in [4.78, 5) is 25.9. The van der Waals surface area contributed by atoms with Gasteiger partial charge in [0.15, 0.2) is 0 Å². The van der Waals surface area contributed by atoms with E-state index in [9.17, 15) is 19.1 Å². The lowest BCUT2D eigenvalue weighted by atomic mass is 10.1. The molecule has 11 heteroatoms. The van der Waals surface area contributed by atoms with Gasteiger partial charge < -0.3 is 24.6 Å². The first-order chi connectivity index (χ1) is 13.9. The van der Waals surface area contributed by atoms with E-state index in [0.717, 1.165) is 12.3 Å². The Balaban J connectivity index is 0.00000218. The number of morpholine rings is 1. The number of hydrogen-bond acceptors (Lipinski definition) is 5. The van der Waals surface area contributed by atoms with Gasteiger partial charge in [0, 0.05) is 32.3 Å². The molecule has 1 aliphatic carbocycles. The molecule has 0 amide bonds. The maximum atomic E-state index is 15.1. The number of anilines is 1.